The number of carbonyl (C=O) groups excluding carboxylic acids is 1. The zero-order valence-electron chi connectivity index (χ0n) is 7.01. The molecule has 0 bridgehead atoms. The van der Waals surface area contributed by atoms with Crippen LogP contribution in [0.2, 0.25) is 0 Å². The summed E-state index contributed by atoms with van der Waals surface area (Å²) >= 11 is 0. The van der Waals surface area contributed by atoms with E-state index in [0.29, 0.717) is 5.78 Å². The Bertz CT molecular complexity index is 162. The first-order chi connectivity index (χ1) is 5.36. The van der Waals surface area contributed by atoms with Crippen LogP contribution in [0.4, 0.5) is 0 Å². The van der Waals surface area contributed by atoms with Crippen molar-refractivity contribution in [2.45, 2.75) is 44.9 Å². The molecule has 0 saturated heterocycles. The van der Waals surface area contributed by atoms with E-state index in [-0.39, 0.29) is 0 Å². The maximum Gasteiger partial charge on any atom is 0.133 e. The van der Waals surface area contributed by atoms with Gasteiger partial charge >= 0.3 is 0 Å². The van der Waals surface area contributed by atoms with E-state index < -0.39 is 0 Å². The van der Waals surface area contributed by atoms with Crippen LogP contribution in [0.1, 0.15) is 44.9 Å². The fraction of sp³-hybridized carbons (Fsp3) is 0.900. The number of hydrogen-bond acceptors (Lipinski definition) is 1. The fourth-order valence-corrected chi connectivity index (χ4v) is 2.67. The molecule has 0 aromatic heterocycles. The summed E-state index contributed by atoms with van der Waals surface area (Å²) in [6.07, 6.45) is 8.49. The van der Waals surface area contributed by atoms with Crippen LogP contribution in [-0.4, -0.2) is 5.78 Å². The summed E-state index contributed by atoms with van der Waals surface area (Å²) in [5, 5.41) is 0. The van der Waals surface area contributed by atoms with Crippen molar-refractivity contribution in [3.63, 3.8) is 0 Å². The van der Waals surface area contributed by atoms with Gasteiger partial charge in [0.1, 0.15) is 5.78 Å². The Morgan fingerprint density at radius 2 is 1.73 bits per heavy atom. The van der Waals surface area contributed by atoms with Crippen molar-refractivity contribution in [1.29, 1.82) is 0 Å². The minimum absolute atomic E-state index is 0.521. The molecule has 2 aliphatic carbocycles. The molecule has 0 unspecified atom stereocenters. The lowest BCUT2D eigenvalue weighted by atomic mass is 9.71. The summed E-state index contributed by atoms with van der Waals surface area (Å²) in [4.78, 5) is 11.1. The molecule has 0 radical (unpaired) electrons. The van der Waals surface area contributed by atoms with E-state index in [0.717, 1.165) is 24.7 Å². The molecule has 0 aliphatic heterocycles. The maximum atomic E-state index is 11.1. The number of ketones is 1. The molecule has 0 heterocycles. The molecule has 2 fully saturated rings. The van der Waals surface area contributed by atoms with E-state index >= 15 is 0 Å². The van der Waals surface area contributed by atoms with Crippen molar-refractivity contribution in [1.82, 2.24) is 0 Å². The summed E-state index contributed by atoms with van der Waals surface area (Å²) in [6.45, 7) is 0. The van der Waals surface area contributed by atoms with E-state index in [4.69, 9.17) is 0 Å². The van der Waals surface area contributed by atoms with Crippen LogP contribution in [-0.2, 0) is 4.79 Å². The largest absolute Gasteiger partial charge is 0.300 e. The number of hydrogen-bond donors (Lipinski definition) is 0. The summed E-state index contributed by atoms with van der Waals surface area (Å²) in [5.74, 6) is 2.22. The van der Waals surface area contributed by atoms with E-state index in [1.165, 1.54) is 32.1 Å². The van der Waals surface area contributed by atoms with E-state index in [9.17, 15) is 4.79 Å². The van der Waals surface area contributed by atoms with E-state index in [2.05, 4.69) is 0 Å². The highest BCUT2D eigenvalue weighted by atomic mass is 16.1. The lowest BCUT2D eigenvalue weighted by Gasteiger charge is -2.34. The number of fused-ring (bicyclic) bond motifs is 1. The Labute approximate surface area is 68.2 Å². The second-order valence-corrected chi connectivity index (χ2v) is 4.09. The van der Waals surface area contributed by atoms with Gasteiger partial charge in [-0.1, -0.05) is 19.3 Å². The third-order valence-corrected chi connectivity index (χ3v) is 3.35. The van der Waals surface area contributed by atoms with E-state index in [1.807, 2.05) is 0 Å². The molecule has 1 heteroatoms. The lowest BCUT2D eigenvalue weighted by Crippen LogP contribution is -2.27. The molecule has 0 spiro atoms. The molecule has 0 aromatic rings. The smallest absolute Gasteiger partial charge is 0.133 e. The normalized spacial score (nSPS) is 38.4. The summed E-state index contributed by atoms with van der Waals surface area (Å²) in [5.41, 5.74) is 0. The molecule has 2 atom stereocenters. The van der Waals surface area contributed by atoms with Crippen molar-refractivity contribution in [3.8, 4) is 0 Å². The fourth-order valence-electron chi connectivity index (χ4n) is 2.67. The summed E-state index contributed by atoms with van der Waals surface area (Å²) in [6, 6.07) is 0. The van der Waals surface area contributed by atoms with Crippen molar-refractivity contribution in [2.24, 2.45) is 11.8 Å². The Morgan fingerprint density at radius 3 is 2.55 bits per heavy atom. The zero-order chi connectivity index (χ0) is 7.68. The first-order valence-corrected chi connectivity index (χ1v) is 4.88. The van der Waals surface area contributed by atoms with Gasteiger partial charge in [0.15, 0.2) is 0 Å². The third-order valence-electron chi connectivity index (χ3n) is 3.35. The Kier molecular flexibility index (Phi) is 1.97. The number of Topliss-reactive ketones (excluding diaryl/α,β-unsaturated/α-hetero) is 1. The van der Waals surface area contributed by atoms with Gasteiger partial charge in [0.25, 0.3) is 0 Å². The maximum absolute atomic E-state index is 11.1. The van der Waals surface area contributed by atoms with Crippen LogP contribution in [0.5, 0.6) is 0 Å². The third kappa shape index (κ3) is 1.47. The van der Waals surface area contributed by atoms with Gasteiger partial charge in [0.2, 0.25) is 0 Å². The second kappa shape index (κ2) is 2.96. The van der Waals surface area contributed by atoms with Crippen LogP contribution in [0, 0.1) is 11.8 Å². The molecule has 0 aromatic carbocycles. The summed E-state index contributed by atoms with van der Waals surface area (Å²) < 4.78 is 0. The highest BCUT2D eigenvalue weighted by Crippen LogP contribution is 2.38. The van der Waals surface area contributed by atoms with Crippen LogP contribution in [0.15, 0.2) is 0 Å². The van der Waals surface area contributed by atoms with Gasteiger partial charge in [-0.25, -0.2) is 0 Å². The molecule has 62 valence electrons. The van der Waals surface area contributed by atoms with Gasteiger partial charge in [0.05, 0.1) is 0 Å². The zero-order valence-corrected chi connectivity index (χ0v) is 7.01. The predicted octanol–water partition coefficient (Wildman–Crippen LogP) is 2.55. The Balaban J connectivity index is 1.98. The van der Waals surface area contributed by atoms with Crippen LogP contribution in [0.25, 0.3) is 0 Å². The number of rotatable bonds is 0. The number of carbonyl (C=O) groups is 1. The molecule has 2 aliphatic rings. The minimum Gasteiger partial charge on any atom is -0.300 e. The standard InChI is InChI=1S/C10H16O/c11-10-6-5-8-3-1-2-4-9(8)7-10/h8-9H,1-7H2/t8-,9+/m0/s1. The monoisotopic (exact) mass is 152 g/mol. The second-order valence-electron chi connectivity index (χ2n) is 4.09. The molecule has 11 heavy (non-hydrogen) atoms. The topological polar surface area (TPSA) is 17.1 Å². The molecule has 2 saturated carbocycles. The molecule has 1 nitrogen and oxygen atoms in total. The Hall–Kier alpha value is -0.330. The molecule has 0 N–H and O–H groups in total. The van der Waals surface area contributed by atoms with E-state index in [1.54, 1.807) is 0 Å². The SMILES string of the molecule is O=C1CC[C@@H]2CCCC[C@@H]2C1. The van der Waals surface area contributed by atoms with Gasteiger partial charge in [-0.15, -0.1) is 0 Å². The van der Waals surface area contributed by atoms with Gasteiger partial charge in [0, 0.05) is 12.8 Å². The van der Waals surface area contributed by atoms with Gasteiger partial charge in [-0.05, 0) is 24.7 Å². The predicted molar refractivity (Wildman–Crippen MR) is 44.3 cm³/mol. The first kappa shape index (κ1) is 7.33. The first-order valence-electron chi connectivity index (χ1n) is 4.88. The van der Waals surface area contributed by atoms with Crippen molar-refractivity contribution in [2.75, 3.05) is 0 Å². The summed E-state index contributed by atoms with van der Waals surface area (Å²) in [7, 11) is 0. The van der Waals surface area contributed by atoms with Gasteiger partial charge in [-0.3, -0.25) is 4.79 Å². The van der Waals surface area contributed by atoms with Crippen LogP contribution in [0.3, 0.4) is 0 Å². The van der Waals surface area contributed by atoms with Crippen molar-refractivity contribution in [3.05, 3.63) is 0 Å². The highest BCUT2D eigenvalue weighted by Gasteiger charge is 2.30. The van der Waals surface area contributed by atoms with Gasteiger partial charge < -0.3 is 0 Å². The quantitative estimate of drug-likeness (QED) is 0.521. The average Bonchev–Trinajstić information content (AvgIpc) is 2.04. The van der Waals surface area contributed by atoms with Gasteiger partial charge in [-0.2, -0.15) is 0 Å². The highest BCUT2D eigenvalue weighted by molar-refractivity contribution is 5.79. The molecular formula is C10H16O. The van der Waals surface area contributed by atoms with Crippen LogP contribution >= 0.6 is 0 Å². The Morgan fingerprint density at radius 1 is 1.00 bits per heavy atom. The molecule has 0 amide bonds. The van der Waals surface area contributed by atoms with Crippen molar-refractivity contribution < 1.29 is 4.79 Å². The van der Waals surface area contributed by atoms with Crippen molar-refractivity contribution >= 4 is 5.78 Å². The lowest BCUT2D eigenvalue weighted by molar-refractivity contribution is -0.123. The van der Waals surface area contributed by atoms with Crippen LogP contribution < -0.4 is 0 Å². The average molecular weight is 152 g/mol. The molecule has 2 rings (SSSR count). The minimum atomic E-state index is 0.521. The molecular weight excluding hydrogens is 136 g/mol.